The van der Waals surface area contributed by atoms with Crippen molar-refractivity contribution < 1.29 is 9.90 Å². The molecule has 21 heavy (non-hydrogen) atoms. The van der Waals surface area contributed by atoms with Crippen molar-refractivity contribution >= 4 is 17.3 Å². The predicted octanol–water partition coefficient (Wildman–Crippen LogP) is 2.90. The van der Waals surface area contributed by atoms with E-state index in [2.05, 4.69) is 9.80 Å². The molecule has 2 fully saturated rings. The van der Waals surface area contributed by atoms with Crippen LogP contribution in [0.1, 0.15) is 47.3 Å². The van der Waals surface area contributed by atoms with Gasteiger partial charge in [0.1, 0.15) is 4.88 Å². The number of hydrogen-bond donors (Lipinski definition) is 1. The molecular weight excluding hydrogens is 284 g/mol. The quantitative estimate of drug-likeness (QED) is 0.929. The normalized spacial score (nSPS) is 22.5. The number of thiophene rings is 1. The van der Waals surface area contributed by atoms with E-state index in [4.69, 9.17) is 0 Å². The third-order valence-electron chi connectivity index (χ3n) is 4.80. The van der Waals surface area contributed by atoms with Gasteiger partial charge in [0, 0.05) is 12.6 Å². The number of hydrogen-bond acceptors (Lipinski definition) is 4. The van der Waals surface area contributed by atoms with Crippen molar-refractivity contribution in [2.24, 2.45) is 0 Å². The zero-order chi connectivity index (χ0) is 14.7. The molecule has 1 aromatic rings. The minimum absolute atomic E-state index is 0.508. The molecule has 0 saturated carbocycles. The van der Waals surface area contributed by atoms with Gasteiger partial charge in [-0.05, 0) is 68.9 Å². The Balaban J connectivity index is 1.51. The molecule has 2 aliphatic heterocycles. The Bertz CT molecular complexity index is 474. The van der Waals surface area contributed by atoms with Crippen molar-refractivity contribution in [2.75, 3.05) is 26.2 Å². The van der Waals surface area contributed by atoms with E-state index >= 15 is 0 Å². The van der Waals surface area contributed by atoms with E-state index in [9.17, 15) is 9.90 Å². The van der Waals surface area contributed by atoms with Gasteiger partial charge in [-0.2, -0.15) is 0 Å². The van der Waals surface area contributed by atoms with Crippen LogP contribution < -0.4 is 0 Å². The molecule has 0 radical (unpaired) electrons. The maximum atomic E-state index is 11.2. The van der Waals surface area contributed by atoms with Crippen molar-refractivity contribution in [2.45, 2.75) is 44.7 Å². The van der Waals surface area contributed by atoms with E-state index in [0.717, 1.165) is 31.2 Å². The molecule has 116 valence electrons. The predicted molar refractivity (Wildman–Crippen MR) is 85.0 cm³/mol. The van der Waals surface area contributed by atoms with Crippen LogP contribution in [0, 0.1) is 0 Å². The van der Waals surface area contributed by atoms with Gasteiger partial charge in [-0.3, -0.25) is 4.90 Å². The molecular formula is C16H24N2O2S. The van der Waals surface area contributed by atoms with Crippen LogP contribution in [-0.2, 0) is 6.54 Å². The molecule has 0 spiro atoms. The number of carboxylic acid groups (broad SMARTS) is 1. The van der Waals surface area contributed by atoms with E-state index in [1.165, 1.54) is 56.5 Å². The second kappa shape index (κ2) is 6.90. The molecule has 0 amide bonds. The monoisotopic (exact) mass is 308 g/mol. The highest BCUT2D eigenvalue weighted by atomic mass is 32.1. The molecule has 0 unspecified atom stereocenters. The van der Waals surface area contributed by atoms with Crippen LogP contribution in [-0.4, -0.2) is 53.1 Å². The molecule has 1 aromatic heterocycles. The minimum atomic E-state index is -0.789. The molecule has 2 aliphatic rings. The summed E-state index contributed by atoms with van der Waals surface area (Å²) in [5.41, 5.74) is 0.976. The molecule has 0 aliphatic carbocycles. The first-order chi connectivity index (χ1) is 10.2. The molecule has 5 heteroatoms. The number of rotatable bonds is 4. The highest BCUT2D eigenvalue weighted by Gasteiger charge is 2.26. The van der Waals surface area contributed by atoms with E-state index in [1.54, 1.807) is 0 Å². The Kier molecular flexibility index (Phi) is 4.93. The lowest BCUT2D eigenvalue weighted by Gasteiger charge is -2.40. The lowest BCUT2D eigenvalue weighted by atomic mass is 9.99. The maximum Gasteiger partial charge on any atom is 0.346 e. The molecule has 3 heterocycles. The standard InChI is InChI=1S/C16H24N2O2S/c19-16(20)15-13(6-11-21-15)12-17-9-4-14(5-10-17)18-7-2-1-3-8-18/h6,11,14H,1-5,7-10,12H2,(H,19,20). The number of likely N-dealkylation sites (tertiary alicyclic amines) is 2. The van der Waals surface area contributed by atoms with Gasteiger partial charge in [-0.15, -0.1) is 11.3 Å². The maximum absolute atomic E-state index is 11.2. The van der Waals surface area contributed by atoms with Gasteiger partial charge in [0.2, 0.25) is 0 Å². The smallest absolute Gasteiger partial charge is 0.346 e. The SMILES string of the molecule is O=C(O)c1sccc1CN1CCC(N2CCCCC2)CC1. The number of aromatic carboxylic acids is 1. The van der Waals surface area contributed by atoms with Crippen LogP contribution in [0.25, 0.3) is 0 Å². The molecule has 1 N–H and O–H groups in total. The van der Waals surface area contributed by atoms with Gasteiger partial charge in [-0.1, -0.05) is 6.42 Å². The van der Waals surface area contributed by atoms with Crippen molar-refractivity contribution in [1.29, 1.82) is 0 Å². The second-order valence-corrected chi connectivity index (χ2v) is 7.10. The highest BCUT2D eigenvalue weighted by Crippen LogP contribution is 2.24. The Morgan fingerprint density at radius 2 is 1.90 bits per heavy atom. The van der Waals surface area contributed by atoms with Crippen LogP contribution >= 0.6 is 11.3 Å². The number of carbonyl (C=O) groups is 1. The average molecular weight is 308 g/mol. The molecule has 0 bridgehead atoms. The summed E-state index contributed by atoms with van der Waals surface area (Å²) < 4.78 is 0. The van der Waals surface area contributed by atoms with Gasteiger partial charge >= 0.3 is 5.97 Å². The van der Waals surface area contributed by atoms with Crippen molar-refractivity contribution in [1.82, 2.24) is 9.80 Å². The third kappa shape index (κ3) is 3.65. The Labute approximate surface area is 130 Å². The van der Waals surface area contributed by atoms with Crippen LogP contribution in [0.5, 0.6) is 0 Å². The first kappa shape index (κ1) is 15.0. The van der Waals surface area contributed by atoms with Crippen molar-refractivity contribution in [3.8, 4) is 0 Å². The highest BCUT2D eigenvalue weighted by molar-refractivity contribution is 7.12. The number of nitrogens with zero attached hydrogens (tertiary/aromatic N) is 2. The zero-order valence-corrected chi connectivity index (χ0v) is 13.3. The second-order valence-electron chi connectivity index (χ2n) is 6.18. The molecule has 3 rings (SSSR count). The lowest BCUT2D eigenvalue weighted by Crippen LogP contribution is -2.46. The summed E-state index contributed by atoms with van der Waals surface area (Å²) >= 11 is 1.34. The Morgan fingerprint density at radius 3 is 2.57 bits per heavy atom. The summed E-state index contributed by atoms with van der Waals surface area (Å²) in [4.78, 5) is 16.8. The fourth-order valence-corrected chi connectivity index (χ4v) is 4.37. The molecule has 0 atom stereocenters. The largest absolute Gasteiger partial charge is 0.477 e. The zero-order valence-electron chi connectivity index (χ0n) is 12.5. The van der Waals surface area contributed by atoms with Gasteiger partial charge < -0.3 is 10.0 Å². The van der Waals surface area contributed by atoms with Crippen LogP contribution in [0.4, 0.5) is 0 Å². The minimum Gasteiger partial charge on any atom is -0.477 e. The first-order valence-electron chi connectivity index (χ1n) is 8.00. The summed E-state index contributed by atoms with van der Waals surface area (Å²) in [6.07, 6.45) is 6.57. The van der Waals surface area contributed by atoms with E-state index < -0.39 is 5.97 Å². The van der Waals surface area contributed by atoms with Gasteiger partial charge in [0.15, 0.2) is 0 Å². The van der Waals surface area contributed by atoms with Crippen molar-refractivity contribution in [3.05, 3.63) is 21.9 Å². The van der Waals surface area contributed by atoms with Gasteiger partial charge in [0.25, 0.3) is 0 Å². The molecule has 0 aromatic carbocycles. The first-order valence-corrected chi connectivity index (χ1v) is 8.88. The Hall–Kier alpha value is -0.910. The summed E-state index contributed by atoms with van der Waals surface area (Å²) in [5.74, 6) is -0.789. The van der Waals surface area contributed by atoms with Crippen LogP contribution in [0.2, 0.25) is 0 Å². The summed E-state index contributed by atoms with van der Waals surface area (Å²) in [6.45, 7) is 5.53. The van der Waals surface area contributed by atoms with E-state index in [-0.39, 0.29) is 0 Å². The van der Waals surface area contributed by atoms with Gasteiger partial charge in [-0.25, -0.2) is 4.79 Å². The molecule has 4 nitrogen and oxygen atoms in total. The third-order valence-corrected chi connectivity index (χ3v) is 5.74. The van der Waals surface area contributed by atoms with Crippen LogP contribution in [0.15, 0.2) is 11.4 Å². The Morgan fingerprint density at radius 1 is 1.19 bits per heavy atom. The molecule has 2 saturated heterocycles. The lowest BCUT2D eigenvalue weighted by molar-refractivity contribution is 0.0696. The van der Waals surface area contributed by atoms with E-state index in [0.29, 0.717) is 4.88 Å². The van der Waals surface area contributed by atoms with Crippen LogP contribution in [0.3, 0.4) is 0 Å². The topological polar surface area (TPSA) is 43.8 Å². The number of carboxylic acids is 1. The summed E-state index contributed by atoms with van der Waals surface area (Å²) in [5, 5.41) is 11.1. The van der Waals surface area contributed by atoms with Crippen molar-refractivity contribution in [3.63, 3.8) is 0 Å². The summed E-state index contributed by atoms with van der Waals surface area (Å²) in [6, 6.07) is 2.72. The van der Waals surface area contributed by atoms with E-state index in [1.807, 2.05) is 11.4 Å². The fourth-order valence-electron chi connectivity index (χ4n) is 3.61. The average Bonchev–Trinajstić information content (AvgIpc) is 2.97. The fraction of sp³-hybridized carbons (Fsp3) is 0.688. The summed E-state index contributed by atoms with van der Waals surface area (Å²) in [7, 11) is 0. The number of piperidine rings is 2. The van der Waals surface area contributed by atoms with Gasteiger partial charge in [0.05, 0.1) is 0 Å².